The van der Waals surface area contributed by atoms with Crippen LogP contribution in [0.25, 0.3) is 33.6 Å². The smallest absolute Gasteiger partial charge is 0.197 e. The molecule has 1 aliphatic heterocycles. The molecule has 3 unspecified atom stereocenters. The summed E-state index contributed by atoms with van der Waals surface area (Å²) in [5.74, 6) is 0.349. The van der Waals surface area contributed by atoms with Gasteiger partial charge in [0, 0.05) is 55.5 Å². The van der Waals surface area contributed by atoms with Crippen LogP contribution in [0.2, 0.25) is 0 Å². The summed E-state index contributed by atoms with van der Waals surface area (Å²) in [6.07, 6.45) is 8.11. The quantitative estimate of drug-likeness (QED) is 0.139. The summed E-state index contributed by atoms with van der Waals surface area (Å²) in [5.41, 5.74) is 13.4. The summed E-state index contributed by atoms with van der Waals surface area (Å²) in [6.45, 7) is 17.7. The number of benzene rings is 3. The molecular formula is C44H52N2+2. The standard InChI is InChI=1S/C44H52N2/c1-8-11-20-35-25-27-40-39(29-35)42-24-17-19-34(6)46(42)43(7,9-2)44(40,10-3)33(5)30-45-31-37(36-21-13-12-14-22-36)26-28-41(45)38-23-16-15-18-32(38)4/h12-19,21-29,31,33H,8-11,20,30H2,1-7H3/q+2. The molecule has 5 aromatic rings. The van der Waals surface area contributed by atoms with Crippen molar-refractivity contribution in [1.29, 1.82) is 0 Å². The highest BCUT2D eigenvalue weighted by molar-refractivity contribution is 5.68. The maximum absolute atomic E-state index is 2.71. The molecule has 0 aliphatic carbocycles. The van der Waals surface area contributed by atoms with E-state index in [4.69, 9.17) is 0 Å². The lowest BCUT2D eigenvalue weighted by Gasteiger charge is -2.51. The summed E-state index contributed by atoms with van der Waals surface area (Å²) in [5, 5.41) is 0. The zero-order valence-corrected chi connectivity index (χ0v) is 29.1. The van der Waals surface area contributed by atoms with Crippen LogP contribution < -0.4 is 9.13 Å². The third-order valence-electron chi connectivity index (χ3n) is 11.4. The Kier molecular flexibility index (Phi) is 9.01. The van der Waals surface area contributed by atoms with Crippen LogP contribution in [0.1, 0.15) is 82.7 Å². The van der Waals surface area contributed by atoms with Crippen molar-refractivity contribution < 1.29 is 9.13 Å². The van der Waals surface area contributed by atoms with E-state index in [1.807, 2.05) is 0 Å². The summed E-state index contributed by atoms with van der Waals surface area (Å²) in [7, 11) is 0. The van der Waals surface area contributed by atoms with E-state index in [9.17, 15) is 0 Å². The van der Waals surface area contributed by atoms with Gasteiger partial charge in [-0.1, -0.05) is 94.8 Å². The van der Waals surface area contributed by atoms with E-state index < -0.39 is 0 Å². The fourth-order valence-electron chi connectivity index (χ4n) is 8.94. The maximum Gasteiger partial charge on any atom is 0.213 e. The van der Waals surface area contributed by atoms with Crippen molar-refractivity contribution in [2.75, 3.05) is 0 Å². The predicted molar refractivity (Wildman–Crippen MR) is 193 cm³/mol. The minimum Gasteiger partial charge on any atom is -0.197 e. The third kappa shape index (κ3) is 5.20. The molecule has 2 heteroatoms. The molecule has 0 fully saturated rings. The number of pyridine rings is 2. The summed E-state index contributed by atoms with van der Waals surface area (Å²) in [4.78, 5) is 0. The molecule has 0 spiro atoms. The highest BCUT2D eigenvalue weighted by Crippen LogP contribution is 2.54. The Labute approximate surface area is 277 Å². The zero-order valence-electron chi connectivity index (χ0n) is 29.1. The Balaban J connectivity index is 1.56. The van der Waals surface area contributed by atoms with Crippen molar-refractivity contribution in [3.63, 3.8) is 0 Å². The van der Waals surface area contributed by atoms with Crippen LogP contribution in [0.5, 0.6) is 0 Å². The number of rotatable bonds is 10. The van der Waals surface area contributed by atoms with E-state index >= 15 is 0 Å². The first-order valence-electron chi connectivity index (χ1n) is 17.6. The molecule has 236 valence electrons. The van der Waals surface area contributed by atoms with Gasteiger partial charge in [0.05, 0.1) is 11.0 Å². The summed E-state index contributed by atoms with van der Waals surface area (Å²) in [6, 6.07) is 38.7. The lowest BCUT2D eigenvalue weighted by Crippen LogP contribution is -2.72. The van der Waals surface area contributed by atoms with E-state index in [0.717, 1.165) is 25.8 Å². The normalized spacial score (nSPS) is 19.4. The minimum absolute atomic E-state index is 0.0805. The van der Waals surface area contributed by atoms with Crippen molar-refractivity contribution in [3.05, 3.63) is 132 Å². The summed E-state index contributed by atoms with van der Waals surface area (Å²) < 4.78 is 5.28. The Morgan fingerprint density at radius 2 is 1.46 bits per heavy atom. The van der Waals surface area contributed by atoms with Crippen LogP contribution in [0.4, 0.5) is 0 Å². The van der Waals surface area contributed by atoms with Gasteiger partial charge in [-0.05, 0) is 72.7 Å². The van der Waals surface area contributed by atoms with Crippen LogP contribution in [0.3, 0.4) is 0 Å². The number of aromatic nitrogens is 2. The summed E-state index contributed by atoms with van der Waals surface area (Å²) >= 11 is 0. The van der Waals surface area contributed by atoms with Crippen LogP contribution >= 0.6 is 0 Å². The van der Waals surface area contributed by atoms with Gasteiger partial charge in [0.15, 0.2) is 24.0 Å². The van der Waals surface area contributed by atoms with Crippen LogP contribution in [0.15, 0.2) is 109 Å². The maximum atomic E-state index is 2.71. The first-order chi connectivity index (χ1) is 22.3. The van der Waals surface area contributed by atoms with Gasteiger partial charge in [-0.3, -0.25) is 0 Å². The second-order valence-corrected chi connectivity index (χ2v) is 13.9. The van der Waals surface area contributed by atoms with E-state index in [1.54, 1.807) is 0 Å². The molecule has 46 heavy (non-hydrogen) atoms. The molecule has 3 aromatic carbocycles. The molecule has 0 N–H and O–H groups in total. The van der Waals surface area contributed by atoms with Gasteiger partial charge < -0.3 is 0 Å². The van der Waals surface area contributed by atoms with E-state index in [0.29, 0.717) is 5.92 Å². The minimum atomic E-state index is -0.0970. The fourth-order valence-corrected chi connectivity index (χ4v) is 8.94. The number of hydrogen-bond donors (Lipinski definition) is 0. The Bertz CT molecular complexity index is 1840. The number of nitrogens with zero attached hydrogens (tertiary/aromatic N) is 2. The lowest BCUT2D eigenvalue weighted by molar-refractivity contribution is -0.775. The Morgan fingerprint density at radius 3 is 2.17 bits per heavy atom. The molecule has 3 heterocycles. The van der Waals surface area contributed by atoms with Crippen LogP contribution in [0, 0.1) is 19.8 Å². The fraction of sp³-hybridized carbons (Fsp3) is 0.364. The SMILES string of the molecule is CCCCc1ccc2c(c1)-c1cccc(C)[n+]1C(C)(CC)C2(CC)C(C)C[n+]1cc(-c2ccccc2)ccc1-c1ccccc1C. The number of hydrogen-bond acceptors (Lipinski definition) is 0. The van der Waals surface area contributed by atoms with Crippen molar-refractivity contribution in [2.45, 2.75) is 98.1 Å². The number of unbranched alkanes of at least 4 members (excludes halogenated alkanes) is 1. The zero-order chi connectivity index (χ0) is 32.5. The highest BCUT2D eigenvalue weighted by atomic mass is 15.1. The van der Waals surface area contributed by atoms with Crippen molar-refractivity contribution in [2.24, 2.45) is 5.92 Å². The van der Waals surface area contributed by atoms with Crippen molar-refractivity contribution in [3.8, 4) is 33.6 Å². The van der Waals surface area contributed by atoms with Gasteiger partial charge in [-0.15, -0.1) is 0 Å². The van der Waals surface area contributed by atoms with Gasteiger partial charge in [-0.2, -0.15) is 9.13 Å². The molecular weight excluding hydrogens is 556 g/mol. The van der Waals surface area contributed by atoms with Gasteiger partial charge in [0.2, 0.25) is 11.4 Å². The third-order valence-corrected chi connectivity index (χ3v) is 11.4. The van der Waals surface area contributed by atoms with Gasteiger partial charge in [0.25, 0.3) is 0 Å². The second kappa shape index (κ2) is 13.0. The molecule has 2 aromatic heterocycles. The largest absolute Gasteiger partial charge is 0.213 e. The van der Waals surface area contributed by atoms with Crippen LogP contribution in [-0.2, 0) is 23.9 Å². The second-order valence-electron chi connectivity index (χ2n) is 13.9. The van der Waals surface area contributed by atoms with E-state index in [-0.39, 0.29) is 11.0 Å². The average Bonchev–Trinajstić information content (AvgIpc) is 3.08. The monoisotopic (exact) mass is 608 g/mol. The molecule has 0 saturated heterocycles. The molecule has 1 aliphatic rings. The molecule has 0 amide bonds. The Hall–Kier alpha value is -4.04. The first-order valence-corrected chi connectivity index (χ1v) is 17.6. The van der Waals surface area contributed by atoms with E-state index in [2.05, 4.69) is 167 Å². The average molecular weight is 609 g/mol. The van der Waals surface area contributed by atoms with Gasteiger partial charge in [0.1, 0.15) is 0 Å². The van der Waals surface area contributed by atoms with Crippen molar-refractivity contribution in [1.82, 2.24) is 0 Å². The molecule has 2 nitrogen and oxygen atoms in total. The van der Waals surface area contributed by atoms with Gasteiger partial charge >= 0.3 is 0 Å². The first kappa shape index (κ1) is 31.9. The van der Waals surface area contributed by atoms with Crippen LogP contribution in [-0.4, -0.2) is 0 Å². The Morgan fingerprint density at radius 1 is 0.696 bits per heavy atom. The number of aryl methyl sites for hydroxylation is 3. The predicted octanol–water partition coefficient (Wildman–Crippen LogP) is 10.3. The molecule has 6 rings (SSSR count). The van der Waals surface area contributed by atoms with Crippen molar-refractivity contribution >= 4 is 0 Å². The molecule has 3 atom stereocenters. The molecule has 0 radical (unpaired) electrons. The molecule has 0 saturated carbocycles. The molecule has 0 bridgehead atoms. The van der Waals surface area contributed by atoms with E-state index in [1.165, 1.54) is 68.9 Å². The lowest BCUT2D eigenvalue weighted by atomic mass is 9.54. The van der Waals surface area contributed by atoms with Gasteiger partial charge in [-0.25, -0.2) is 0 Å². The highest BCUT2D eigenvalue weighted by Gasteiger charge is 2.62. The topological polar surface area (TPSA) is 7.76 Å². The number of fused-ring (bicyclic) bond motifs is 3.